The second-order valence-electron chi connectivity index (χ2n) is 7.03. The Morgan fingerprint density at radius 1 is 1.04 bits per heavy atom. The van der Waals surface area contributed by atoms with Crippen molar-refractivity contribution in [2.75, 3.05) is 0 Å². The quantitative estimate of drug-likeness (QED) is 0.492. The molecule has 6 nitrogen and oxygen atoms in total. The van der Waals surface area contributed by atoms with E-state index in [-0.39, 0.29) is 0 Å². The monoisotopic (exact) mass is 390 g/mol. The van der Waals surface area contributed by atoms with Crippen LogP contribution in [0.5, 0.6) is 0 Å². The summed E-state index contributed by atoms with van der Waals surface area (Å²) in [7, 11) is 0. The smallest absolute Gasteiger partial charge is 0.164 e. The minimum absolute atomic E-state index is 0.511. The molecule has 0 unspecified atom stereocenters. The molecule has 140 valence electrons. The highest BCUT2D eigenvalue weighted by Crippen LogP contribution is 2.39. The maximum Gasteiger partial charge on any atom is 0.164 e. The molecule has 4 aromatic rings. The molecule has 3 aromatic heterocycles. The van der Waals surface area contributed by atoms with E-state index in [1.165, 1.54) is 12.8 Å². The number of rotatable bonds is 6. The van der Waals surface area contributed by atoms with Gasteiger partial charge in [0.1, 0.15) is 5.82 Å². The van der Waals surface area contributed by atoms with Crippen molar-refractivity contribution in [1.82, 2.24) is 29.3 Å². The van der Waals surface area contributed by atoms with E-state index in [0.717, 1.165) is 41.4 Å². The van der Waals surface area contributed by atoms with Crippen LogP contribution in [0.2, 0.25) is 5.02 Å². The van der Waals surface area contributed by atoms with E-state index >= 15 is 0 Å². The van der Waals surface area contributed by atoms with Crippen LogP contribution in [0.25, 0.3) is 17.1 Å². The van der Waals surface area contributed by atoms with E-state index in [2.05, 4.69) is 24.7 Å². The number of hydrogen-bond acceptors (Lipinski definition) is 4. The van der Waals surface area contributed by atoms with E-state index in [4.69, 9.17) is 11.6 Å². The van der Waals surface area contributed by atoms with Crippen LogP contribution >= 0.6 is 11.6 Å². The van der Waals surface area contributed by atoms with Gasteiger partial charge in [0.25, 0.3) is 0 Å². The van der Waals surface area contributed by atoms with Gasteiger partial charge in [0, 0.05) is 47.3 Å². The molecule has 3 heterocycles. The molecule has 0 bridgehead atoms. The molecule has 0 N–H and O–H groups in total. The van der Waals surface area contributed by atoms with Gasteiger partial charge in [-0.1, -0.05) is 17.7 Å². The maximum absolute atomic E-state index is 6.09. The Labute approximate surface area is 167 Å². The van der Waals surface area contributed by atoms with Gasteiger partial charge in [-0.3, -0.25) is 4.98 Å². The normalized spacial score (nSPS) is 13.8. The number of halogens is 1. The highest BCUT2D eigenvalue weighted by molar-refractivity contribution is 6.30. The molecule has 28 heavy (non-hydrogen) atoms. The highest BCUT2D eigenvalue weighted by atomic mass is 35.5. The van der Waals surface area contributed by atoms with Crippen LogP contribution in [0.15, 0.2) is 61.3 Å². The minimum Gasteiger partial charge on any atom is -0.308 e. The Balaban J connectivity index is 1.36. The lowest BCUT2D eigenvalue weighted by Gasteiger charge is -2.08. The number of benzene rings is 1. The molecule has 1 aliphatic carbocycles. The SMILES string of the molecule is Clc1cccc(-n2cnc(CCc3nnc(-c4ccncc4)n3C3CC3)c2)c1. The number of hydrogen-bond donors (Lipinski definition) is 0. The average Bonchev–Trinajstić information content (AvgIpc) is 3.29. The molecule has 7 heteroatoms. The molecule has 5 rings (SSSR count). The third-order valence-corrected chi connectivity index (χ3v) is 5.20. The first-order valence-corrected chi connectivity index (χ1v) is 9.79. The fourth-order valence-electron chi connectivity index (χ4n) is 3.42. The fraction of sp³-hybridized carbons (Fsp3) is 0.238. The van der Waals surface area contributed by atoms with Crippen molar-refractivity contribution >= 4 is 11.6 Å². The predicted molar refractivity (Wildman–Crippen MR) is 108 cm³/mol. The van der Waals surface area contributed by atoms with E-state index in [1.807, 2.05) is 53.5 Å². The summed E-state index contributed by atoms with van der Waals surface area (Å²) < 4.78 is 4.29. The van der Waals surface area contributed by atoms with Crippen molar-refractivity contribution in [3.63, 3.8) is 0 Å². The van der Waals surface area contributed by atoms with E-state index in [0.29, 0.717) is 11.1 Å². The summed E-state index contributed by atoms with van der Waals surface area (Å²) in [5, 5.41) is 9.67. The van der Waals surface area contributed by atoms with Gasteiger partial charge in [0.2, 0.25) is 0 Å². The van der Waals surface area contributed by atoms with Gasteiger partial charge in [-0.2, -0.15) is 0 Å². The number of aryl methyl sites for hydroxylation is 2. The first-order chi connectivity index (χ1) is 13.8. The van der Waals surface area contributed by atoms with Crippen molar-refractivity contribution in [3.05, 3.63) is 77.9 Å². The van der Waals surface area contributed by atoms with Crippen molar-refractivity contribution in [1.29, 1.82) is 0 Å². The van der Waals surface area contributed by atoms with Crippen LogP contribution in [0.4, 0.5) is 0 Å². The average molecular weight is 391 g/mol. The van der Waals surface area contributed by atoms with E-state index in [1.54, 1.807) is 12.4 Å². The Kier molecular flexibility index (Phi) is 4.41. The van der Waals surface area contributed by atoms with Crippen molar-refractivity contribution in [2.24, 2.45) is 0 Å². The van der Waals surface area contributed by atoms with Crippen molar-refractivity contribution in [3.8, 4) is 17.1 Å². The van der Waals surface area contributed by atoms with Crippen LogP contribution in [0, 0.1) is 0 Å². The molecule has 1 aliphatic rings. The zero-order valence-electron chi connectivity index (χ0n) is 15.2. The maximum atomic E-state index is 6.09. The molecule has 0 atom stereocenters. The molecule has 0 aliphatic heterocycles. The highest BCUT2D eigenvalue weighted by Gasteiger charge is 2.29. The summed E-state index contributed by atoms with van der Waals surface area (Å²) >= 11 is 6.09. The standard InChI is InChI=1S/C21H19ClN6/c22-16-2-1-3-19(12-16)27-13-17(24-14-27)4-7-20-25-26-21(28(20)18-5-6-18)15-8-10-23-11-9-15/h1-3,8-14,18H,4-7H2. The summed E-state index contributed by atoms with van der Waals surface area (Å²) in [5.41, 5.74) is 3.09. The first-order valence-electron chi connectivity index (χ1n) is 9.41. The third kappa shape index (κ3) is 3.43. The largest absolute Gasteiger partial charge is 0.308 e. The molecule has 0 saturated heterocycles. The summed E-state index contributed by atoms with van der Waals surface area (Å²) in [6.45, 7) is 0. The van der Waals surface area contributed by atoms with Crippen molar-refractivity contribution < 1.29 is 0 Å². The minimum atomic E-state index is 0.511. The first kappa shape index (κ1) is 17.1. The Morgan fingerprint density at radius 3 is 2.68 bits per heavy atom. The molecule has 0 spiro atoms. The molecule has 1 saturated carbocycles. The van der Waals surface area contributed by atoms with Gasteiger partial charge in [-0.05, 0) is 49.6 Å². The van der Waals surface area contributed by atoms with Gasteiger partial charge in [0.15, 0.2) is 5.82 Å². The van der Waals surface area contributed by atoms with Crippen LogP contribution in [-0.4, -0.2) is 29.3 Å². The molecular formula is C21H19ClN6. The number of nitrogens with zero attached hydrogens (tertiary/aromatic N) is 6. The summed E-state index contributed by atoms with van der Waals surface area (Å²) in [6, 6.07) is 12.2. The second kappa shape index (κ2) is 7.20. The van der Waals surface area contributed by atoms with E-state index < -0.39 is 0 Å². The van der Waals surface area contributed by atoms with E-state index in [9.17, 15) is 0 Å². The number of aromatic nitrogens is 6. The Bertz CT molecular complexity index is 1100. The number of pyridine rings is 1. The van der Waals surface area contributed by atoms with Crippen LogP contribution in [0.3, 0.4) is 0 Å². The van der Waals surface area contributed by atoms with Gasteiger partial charge in [-0.25, -0.2) is 4.98 Å². The number of imidazole rings is 1. The summed E-state index contributed by atoms with van der Waals surface area (Å²) in [5.74, 6) is 1.95. The zero-order chi connectivity index (χ0) is 18.9. The third-order valence-electron chi connectivity index (χ3n) is 4.96. The van der Waals surface area contributed by atoms with Crippen molar-refractivity contribution in [2.45, 2.75) is 31.7 Å². The van der Waals surface area contributed by atoms with Gasteiger partial charge >= 0.3 is 0 Å². The summed E-state index contributed by atoms with van der Waals surface area (Å²) in [6.07, 6.45) is 11.5. The lowest BCUT2D eigenvalue weighted by Crippen LogP contribution is -2.05. The Hall–Kier alpha value is -2.99. The molecule has 1 fully saturated rings. The van der Waals surface area contributed by atoms with Gasteiger partial charge in [0.05, 0.1) is 12.0 Å². The zero-order valence-corrected chi connectivity index (χ0v) is 16.0. The second-order valence-corrected chi connectivity index (χ2v) is 7.47. The lowest BCUT2D eigenvalue weighted by atomic mass is 10.2. The molecular weight excluding hydrogens is 372 g/mol. The van der Waals surface area contributed by atoms with Gasteiger partial charge in [-0.15, -0.1) is 10.2 Å². The fourth-order valence-corrected chi connectivity index (χ4v) is 3.60. The van der Waals surface area contributed by atoms with Crippen LogP contribution in [0.1, 0.15) is 30.4 Å². The predicted octanol–water partition coefficient (Wildman–Crippen LogP) is 4.30. The summed E-state index contributed by atoms with van der Waals surface area (Å²) in [4.78, 5) is 8.65. The van der Waals surface area contributed by atoms with Crippen LogP contribution < -0.4 is 0 Å². The lowest BCUT2D eigenvalue weighted by molar-refractivity contribution is 0.676. The topological polar surface area (TPSA) is 61.4 Å². The Morgan fingerprint density at radius 2 is 1.89 bits per heavy atom. The van der Waals surface area contributed by atoms with Crippen LogP contribution in [-0.2, 0) is 12.8 Å². The molecule has 0 amide bonds. The van der Waals surface area contributed by atoms with Gasteiger partial charge < -0.3 is 9.13 Å². The molecule has 1 aromatic carbocycles. The molecule has 0 radical (unpaired) electrons.